The molecule has 102 valence electrons. The quantitative estimate of drug-likeness (QED) is 0.502. The number of nitrogens with zero attached hydrogens (tertiary/aromatic N) is 1. The number of hydrogen-bond acceptors (Lipinski definition) is 3. The Hall–Kier alpha value is -1.76. The molecule has 0 spiro atoms. The van der Waals surface area contributed by atoms with Crippen molar-refractivity contribution in [1.29, 1.82) is 0 Å². The van der Waals surface area contributed by atoms with Crippen LogP contribution in [0.4, 0.5) is 4.39 Å². The second kappa shape index (κ2) is 6.98. The summed E-state index contributed by atoms with van der Waals surface area (Å²) in [7, 11) is 0. The van der Waals surface area contributed by atoms with E-state index in [0.29, 0.717) is 4.47 Å². The molecule has 0 saturated heterocycles. The van der Waals surface area contributed by atoms with Crippen molar-refractivity contribution in [2.75, 3.05) is 0 Å². The van der Waals surface area contributed by atoms with E-state index >= 15 is 0 Å². The number of nitrogens with one attached hydrogen (secondary N) is 2. The van der Waals surface area contributed by atoms with Crippen molar-refractivity contribution in [3.8, 4) is 0 Å². The molecule has 19 heavy (non-hydrogen) atoms. The van der Waals surface area contributed by atoms with Gasteiger partial charge >= 0.3 is 11.8 Å². The standard InChI is InChI=1S/C12H13BrFN3O2/c1-7(2)16-11(18)12(19)17-15-6-8-3-4-9(13)5-10(8)14/h3-7H,1-2H3,(H,16,18)(H,17,19)/b15-6-. The van der Waals surface area contributed by atoms with Crippen molar-refractivity contribution in [2.45, 2.75) is 19.9 Å². The van der Waals surface area contributed by atoms with Crippen molar-refractivity contribution in [3.05, 3.63) is 34.1 Å². The van der Waals surface area contributed by atoms with Gasteiger partial charge in [0, 0.05) is 16.1 Å². The molecule has 1 aromatic carbocycles. The Morgan fingerprint density at radius 2 is 2.05 bits per heavy atom. The van der Waals surface area contributed by atoms with Crippen LogP contribution in [0, 0.1) is 5.82 Å². The van der Waals surface area contributed by atoms with E-state index in [-0.39, 0.29) is 11.6 Å². The Kier molecular flexibility index (Phi) is 5.62. The van der Waals surface area contributed by atoms with Crippen LogP contribution in [0.3, 0.4) is 0 Å². The molecule has 0 aliphatic heterocycles. The maximum Gasteiger partial charge on any atom is 0.329 e. The Bertz CT molecular complexity index is 518. The first-order chi connectivity index (χ1) is 8.90. The van der Waals surface area contributed by atoms with Gasteiger partial charge in [0.05, 0.1) is 6.21 Å². The van der Waals surface area contributed by atoms with Crippen molar-refractivity contribution in [3.63, 3.8) is 0 Å². The van der Waals surface area contributed by atoms with Crippen molar-refractivity contribution >= 4 is 34.0 Å². The Labute approximate surface area is 118 Å². The minimum Gasteiger partial charge on any atom is -0.346 e. The summed E-state index contributed by atoms with van der Waals surface area (Å²) >= 11 is 3.12. The van der Waals surface area contributed by atoms with Gasteiger partial charge in [-0.25, -0.2) is 9.82 Å². The van der Waals surface area contributed by atoms with Crippen LogP contribution >= 0.6 is 15.9 Å². The molecule has 0 unspecified atom stereocenters. The van der Waals surface area contributed by atoms with E-state index < -0.39 is 17.6 Å². The molecule has 0 aromatic heterocycles. The number of amides is 2. The van der Waals surface area contributed by atoms with Crippen LogP contribution < -0.4 is 10.7 Å². The van der Waals surface area contributed by atoms with Gasteiger partial charge in [0.15, 0.2) is 0 Å². The molecule has 1 aromatic rings. The summed E-state index contributed by atoms with van der Waals surface area (Å²) in [5.41, 5.74) is 2.22. The molecule has 0 bridgehead atoms. The molecule has 2 N–H and O–H groups in total. The monoisotopic (exact) mass is 329 g/mol. The van der Waals surface area contributed by atoms with Crippen LogP contribution in [0.25, 0.3) is 0 Å². The second-order valence-electron chi connectivity index (χ2n) is 3.99. The SMILES string of the molecule is CC(C)NC(=O)C(=O)N/N=C\c1ccc(Br)cc1F. The molecule has 0 aliphatic carbocycles. The zero-order valence-corrected chi connectivity index (χ0v) is 12.0. The lowest BCUT2D eigenvalue weighted by Gasteiger charge is -2.06. The number of hydrazone groups is 1. The topological polar surface area (TPSA) is 70.6 Å². The molecule has 0 heterocycles. The van der Waals surface area contributed by atoms with Crippen molar-refractivity contribution < 1.29 is 14.0 Å². The van der Waals surface area contributed by atoms with Gasteiger partial charge in [0.2, 0.25) is 0 Å². The van der Waals surface area contributed by atoms with E-state index in [1.165, 1.54) is 12.1 Å². The van der Waals surface area contributed by atoms with Gasteiger partial charge < -0.3 is 5.32 Å². The first kappa shape index (κ1) is 15.3. The molecule has 5 nitrogen and oxygen atoms in total. The fourth-order valence-electron chi connectivity index (χ4n) is 1.15. The van der Waals surface area contributed by atoms with Gasteiger partial charge in [0.1, 0.15) is 5.82 Å². The number of carbonyl (C=O) groups is 2. The first-order valence-corrected chi connectivity index (χ1v) is 6.28. The molecule has 0 radical (unpaired) electrons. The van der Waals surface area contributed by atoms with Gasteiger partial charge in [-0.15, -0.1) is 0 Å². The highest BCUT2D eigenvalue weighted by molar-refractivity contribution is 9.10. The number of carbonyl (C=O) groups excluding carboxylic acids is 2. The highest BCUT2D eigenvalue weighted by Gasteiger charge is 2.12. The molecule has 1 rings (SSSR count). The lowest BCUT2D eigenvalue weighted by molar-refractivity contribution is -0.139. The zero-order chi connectivity index (χ0) is 14.4. The maximum atomic E-state index is 13.4. The summed E-state index contributed by atoms with van der Waals surface area (Å²) < 4.78 is 14.0. The normalized spacial score (nSPS) is 10.8. The average Bonchev–Trinajstić information content (AvgIpc) is 2.30. The third-order valence-corrected chi connectivity index (χ3v) is 2.45. The number of hydrogen-bond donors (Lipinski definition) is 2. The van der Waals surface area contributed by atoms with Crippen LogP contribution in [0.2, 0.25) is 0 Å². The van der Waals surface area contributed by atoms with Crippen LogP contribution in [-0.2, 0) is 9.59 Å². The zero-order valence-electron chi connectivity index (χ0n) is 10.4. The van der Waals surface area contributed by atoms with E-state index in [1.807, 2.05) is 5.43 Å². The highest BCUT2D eigenvalue weighted by atomic mass is 79.9. The maximum absolute atomic E-state index is 13.4. The molecule has 7 heteroatoms. The highest BCUT2D eigenvalue weighted by Crippen LogP contribution is 2.13. The lowest BCUT2D eigenvalue weighted by Crippen LogP contribution is -2.41. The van der Waals surface area contributed by atoms with Crippen molar-refractivity contribution in [1.82, 2.24) is 10.7 Å². The predicted octanol–water partition coefficient (Wildman–Crippen LogP) is 1.56. The molecular weight excluding hydrogens is 317 g/mol. The number of halogens is 2. The molecule has 0 fully saturated rings. The Balaban J connectivity index is 2.58. The minimum absolute atomic E-state index is 0.147. The van der Waals surface area contributed by atoms with Crippen LogP contribution in [0.5, 0.6) is 0 Å². The first-order valence-electron chi connectivity index (χ1n) is 5.49. The molecule has 0 atom stereocenters. The fraction of sp³-hybridized carbons (Fsp3) is 0.250. The summed E-state index contributed by atoms with van der Waals surface area (Å²) in [5.74, 6) is -2.18. The van der Waals surface area contributed by atoms with Crippen LogP contribution in [-0.4, -0.2) is 24.1 Å². The second-order valence-corrected chi connectivity index (χ2v) is 4.91. The lowest BCUT2D eigenvalue weighted by atomic mass is 10.2. The average molecular weight is 330 g/mol. The van der Waals surface area contributed by atoms with Gasteiger partial charge in [-0.2, -0.15) is 5.10 Å². The van der Waals surface area contributed by atoms with E-state index in [2.05, 4.69) is 26.3 Å². The van der Waals surface area contributed by atoms with Gasteiger partial charge in [0.25, 0.3) is 0 Å². The van der Waals surface area contributed by atoms with Gasteiger partial charge in [-0.1, -0.05) is 15.9 Å². The molecular formula is C12H13BrFN3O2. The van der Waals surface area contributed by atoms with E-state index in [1.54, 1.807) is 19.9 Å². The summed E-state index contributed by atoms with van der Waals surface area (Å²) in [6.07, 6.45) is 1.13. The van der Waals surface area contributed by atoms with Crippen LogP contribution in [0.15, 0.2) is 27.8 Å². The third-order valence-electron chi connectivity index (χ3n) is 1.96. The van der Waals surface area contributed by atoms with E-state index in [4.69, 9.17) is 0 Å². The largest absolute Gasteiger partial charge is 0.346 e. The Morgan fingerprint density at radius 1 is 1.37 bits per heavy atom. The Morgan fingerprint density at radius 3 is 2.63 bits per heavy atom. The summed E-state index contributed by atoms with van der Waals surface area (Å²) in [5, 5.41) is 5.92. The smallest absolute Gasteiger partial charge is 0.329 e. The van der Waals surface area contributed by atoms with Gasteiger partial charge in [-0.3, -0.25) is 9.59 Å². The summed E-state index contributed by atoms with van der Waals surface area (Å²) in [6, 6.07) is 4.25. The number of benzene rings is 1. The molecule has 0 aliphatic rings. The summed E-state index contributed by atoms with van der Waals surface area (Å²) in [4.78, 5) is 22.5. The molecule has 0 saturated carbocycles. The van der Waals surface area contributed by atoms with Crippen LogP contribution in [0.1, 0.15) is 19.4 Å². The third kappa shape index (κ3) is 5.17. The summed E-state index contributed by atoms with van der Waals surface area (Å²) in [6.45, 7) is 3.46. The predicted molar refractivity (Wildman–Crippen MR) is 73.1 cm³/mol. The fourth-order valence-corrected chi connectivity index (χ4v) is 1.48. The minimum atomic E-state index is -0.900. The van der Waals surface area contributed by atoms with Crippen molar-refractivity contribution in [2.24, 2.45) is 5.10 Å². The van der Waals surface area contributed by atoms with E-state index in [0.717, 1.165) is 6.21 Å². The van der Waals surface area contributed by atoms with Gasteiger partial charge in [-0.05, 0) is 32.0 Å². The number of rotatable bonds is 3. The molecule has 2 amide bonds. The van der Waals surface area contributed by atoms with E-state index in [9.17, 15) is 14.0 Å².